The third-order valence-electron chi connectivity index (χ3n) is 4.08. The average molecular weight is 383 g/mol. The molecule has 0 bridgehead atoms. The number of carbonyl (C=O) groups is 2. The number of rotatable bonds is 8. The molecule has 0 aliphatic heterocycles. The van der Waals surface area contributed by atoms with E-state index in [0.29, 0.717) is 17.1 Å². The van der Waals surface area contributed by atoms with Crippen LogP contribution in [0.1, 0.15) is 29.5 Å². The Balaban J connectivity index is 1.85. The number of anilines is 1. The minimum Gasteiger partial charge on any atom is -0.497 e. The van der Waals surface area contributed by atoms with Crippen LogP contribution < -0.4 is 20.2 Å². The first-order valence-corrected chi connectivity index (χ1v) is 8.84. The van der Waals surface area contributed by atoms with Gasteiger partial charge in [-0.05, 0) is 49.2 Å². The molecular weight excluding hydrogens is 358 g/mol. The molecule has 0 atom stereocenters. The van der Waals surface area contributed by atoms with Gasteiger partial charge in [-0.25, -0.2) is 5.43 Å². The Morgan fingerprint density at radius 3 is 2.46 bits per heavy atom. The van der Waals surface area contributed by atoms with Gasteiger partial charge < -0.3 is 14.8 Å². The molecular formula is C21H25N3O4. The van der Waals surface area contributed by atoms with E-state index in [1.54, 1.807) is 32.4 Å². The third-order valence-corrected chi connectivity index (χ3v) is 4.08. The van der Waals surface area contributed by atoms with Gasteiger partial charge in [0.05, 0.1) is 20.4 Å². The van der Waals surface area contributed by atoms with Gasteiger partial charge in [0, 0.05) is 24.1 Å². The highest BCUT2D eigenvalue weighted by Crippen LogP contribution is 2.22. The lowest BCUT2D eigenvalue weighted by molar-refractivity contribution is -0.124. The molecule has 0 aliphatic carbocycles. The summed E-state index contributed by atoms with van der Waals surface area (Å²) in [7, 11) is 3.11. The second-order valence-electron chi connectivity index (χ2n) is 6.27. The molecule has 148 valence electrons. The number of aryl methyl sites for hydroxylation is 2. The molecule has 0 radical (unpaired) electrons. The second kappa shape index (κ2) is 10.1. The van der Waals surface area contributed by atoms with E-state index in [-0.39, 0.29) is 24.7 Å². The van der Waals surface area contributed by atoms with E-state index in [4.69, 9.17) is 9.47 Å². The Kier molecular flexibility index (Phi) is 7.56. The smallest absolute Gasteiger partial charge is 0.240 e. The largest absolute Gasteiger partial charge is 0.497 e. The molecule has 2 aromatic rings. The highest BCUT2D eigenvalue weighted by molar-refractivity contribution is 5.94. The highest BCUT2D eigenvalue weighted by Gasteiger charge is 2.09. The Hall–Kier alpha value is -3.35. The van der Waals surface area contributed by atoms with Crippen LogP contribution in [0.15, 0.2) is 41.5 Å². The van der Waals surface area contributed by atoms with Crippen LogP contribution in [0.25, 0.3) is 0 Å². The number of carbonyl (C=O) groups excluding carboxylic acids is 2. The van der Waals surface area contributed by atoms with Gasteiger partial charge >= 0.3 is 0 Å². The molecule has 2 rings (SSSR count). The van der Waals surface area contributed by atoms with Gasteiger partial charge in [0.2, 0.25) is 11.8 Å². The van der Waals surface area contributed by atoms with Crippen LogP contribution >= 0.6 is 0 Å². The molecule has 2 N–H and O–H groups in total. The summed E-state index contributed by atoms with van der Waals surface area (Å²) >= 11 is 0. The number of hydrogen-bond donors (Lipinski definition) is 2. The van der Waals surface area contributed by atoms with Gasteiger partial charge in [-0.15, -0.1) is 0 Å². The molecule has 0 unspecified atom stereocenters. The number of nitrogens with zero attached hydrogens (tertiary/aromatic N) is 1. The number of benzene rings is 2. The van der Waals surface area contributed by atoms with E-state index < -0.39 is 0 Å². The van der Waals surface area contributed by atoms with Crippen molar-refractivity contribution >= 4 is 23.7 Å². The summed E-state index contributed by atoms with van der Waals surface area (Å²) in [6, 6.07) is 11.1. The van der Waals surface area contributed by atoms with Gasteiger partial charge in [0.15, 0.2) is 0 Å². The summed E-state index contributed by atoms with van der Waals surface area (Å²) in [6.07, 6.45) is 1.57. The van der Waals surface area contributed by atoms with E-state index in [9.17, 15) is 9.59 Å². The molecule has 2 amide bonds. The first-order chi connectivity index (χ1) is 13.4. The van der Waals surface area contributed by atoms with Crippen molar-refractivity contribution in [2.45, 2.75) is 26.7 Å². The quantitative estimate of drug-likeness (QED) is 0.541. The van der Waals surface area contributed by atoms with E-state index in [1.165, 1.54) is 6.21 Å². The van der Waals surface area contributed by atoms with Crippen molar-refractivity contribution in [2.24, 2.45) is 5.10 Å². The van der Waals surface area contributed by atoms with Crippen LogP contribution in [-0.4, -0.2) is 32.2 Å². The van der Waals surface area contributed by atoms with Crippen molar-refractivity contribution in [1.29, 1.82) is 0 Å². The number of nitrogens with one attached hydrogen (secondary N) is 2. The zero-order valence-corrected chi connectivity index (χ0v) is 16.5. The molecule has 0 spiro atoms. The van der Waals surface area contributed by atoms with Crippen LogP contribution in [-0.2, 0) is 9.59 Å². The zero-order chi connectivity index (χ0) is 20.5. The van der Waals surface area contributed by atoms with Gasteiger partial charge in [-0.2, -0.15) is 5.10 Å². The summed E-state index contributed by atoms with van der Waals surface area (Å²) in [5.74, 6) is 0.680. The van der Waals surface area contributed by atoms with Crippen LogP contribution in [0.2, 0.25) is 0 Å². The van der Waals surface area contributed by atoms with Crippen molar-refractivity contribution in [1.82, 2.24) is 5.43 Å². The van der Waals surface area contributed by atoms with Crippen LogP contribution in [0, 0.1) is 13.8 Å². The fourth-order valence-corrected chi connectivity index (χ4v) is 2.48. The van der Waals surface area contributed by atoms with Gasteiger partial charge in [0.25, 0.3) is 0 Å². The van der Waals surface area contributed by atoms with Crippen molar-refractivity contribution in [3.63, 3.8) is 0 Å². The Morgan fingerprint density at radius 2 is 1.75 bits per heavy atom. The molecule has 0 heterocycles. The Bertz CT molecular complexity index is 878. The average Bonchev–Trinajstić information content (AvgIpc) is 2.69. The van der Waals surface area contributed by atoms with Crippen LogP contribution in [0.4, 0.5) is 5.69 Å². The topological polar surface area (TPSA) is 89.0 Å². The monoisotopic (exact) mass is 383 g/mol. The minimum atomic E-state index is -0.353. The maximum atomic E-state index is 12.1. The number of hydrogen-bond acceptors (Lipinski definition) is 5. The van der Waals surface area contributed by atoms with Gasteiger partial charge in [0.1, 0.15) is 11.5 Å². The summed E-state index contributed by atoms with van der Waals surface area (Å²) in [5, 5.41) is 6.75. The number of hydrazone groups is 1. The number of amides is 2. The first-order valence-electron chi connectivity index (χ1n) is 8.84. The van der Waals surface area contributed by atoms with Gasteiger partial charge in [-0.3, -0.25) is 9.59 Å². The molecule has 0 saturated heterocycles. The van der Waals surface area contributed by atoms with Crippen molar-refractivity contribution in [3.8, 4) is 11.5 Å². The Morgan fingerprint density at radius 1 is 1.00 bits per heavy atom. The zero-order valence-electron chi connectivity index (χ0n) is 16.5. The molecule has 0 fully saturated rings. The van der Waals surface area contributed by atoms with E-state index in [2.05, 4.69) is 15.8 Å². The van der Waals surface area contributed by atoms with Crippen molar-refractivity contribution in [3.05, 3.63) is 53.1 Å². The SMILES string of the molecule is COc1ccc(OC)c(C=NNC(=O)CCC(=O)Nc2cc(C)ccc2C)c1. The summed E-state index contributed by atoms with van der Waals surface area (Å²) < 4.78 is 10.4. The maximum Gasteiger partial charge on any atom is 0.240 e. The fourth-order valence-electron chi connectivity index (χ4n) is 2.48. The van der Waals surface area contributed by atoms with E-state index in [0.717, 1.165) is 16.8 Å². The molecule has 2 aromatic carbocycles. The van der Waals surface area contributed by atoms with Crippen LogP contribution in [0.5, 0.6) is 11.5 Å². The standard InChI is InChI=1S/C21H25N3O4/c1-14-5-6-15(2)18(11-14)23-20(25)9-10-21(26)24-22-13-16-12-17(27-3)7-8-19(16)28-4/h5-8,11-13H,9-10H2,1-4H3,(H,23,25)(H,24,26). The molecule has 28 heavy (non-hydrogen) atoms. The maximum absolute atomic E-state index is 12.1. The van der Waals surface area contributed by atoms with Gasteiger partial charge in [-0.1, -0.05) is 12.1 Å². The lowest BCUT2D eigenvalue weighted by Gasteiger charge is -2.09. The second-order valence-corrected chi connectivity index (χ2v) is 6.27. The molecule has 0 aliphatic rings. The summed E-state index contributed by atoms with van der Waals surface area (Å²) in [6.45, 7) is 3.88. The van der Waals surface area contributed by atoms with Crippen molar-refractivity contribution in [2.75, 3.05) is 19.5 Å². The lowest BCUT2D eigenvalue weighted by atomic mass is 10.1. The number of ether oxygens (including phenoxy) is 2. The number of methoxy groups -OCH3 is 2. The molecule has 7 heteroatoms. The minimum absolute atomic E-state index is 0.0310. The Labute approximate surface area is 164 Å². The first kappa shape index (κ1) is 21.0. The predicted octanol–water partition coefficient (Wildman–Crippen LogP) is 3.19. The van der Waals surface area contributed by atoms with Crippen molar-refractivity contribution < 1.29 is 19.1 Å². The molecule has 0 saturated carbocycles. The molecule has 0 aromatic heterocycles. The fraction of sp³-hybridized carbons (Fsp3) is 0.286. The van der Waals surface area contributed by atoms with Crippen LogP contribution in [0.3, 0.4) is 0 Å². The normalized spacial score (nSPS) is 10.6. The highest BCUT2D eigenvalue weighted by atomic mass is 16.5. The van der Waals surface area contributed by atoms with E-state index in [1.807, 2.05) is 32.0 Å². The lowest BCUT2D eigenvalue weighted by Crippen LogP contribution is -2.21. The molecule has 7 nitrogen and oxygen atoms in total. The summed E-state index contributed by atoms with van der Waals surface area (Å²) in [4.78, 5) is 24.0. The summed E-state index contributed by atoms with van der Waals surface area (Å²) in [5.41, 5.74) is 5.86. The van der Waals surface area contributed by atoms with E-state index >= 15 is 0 Å². The third kappa shape index (κ3) is 6.12. The predicted molar refractivity (Wildman–Crippen MR) is 109 cm³/mol.